The summed E-state index contributed by atoms with van der Waals surface area (Å²) in [6.07, 6.45) is -0.733. The van der Waals surface area contributed by atoms with Crippen molar-refractivity contribution < 1.29 is 19.2 Å². The Morgan fingerprint density at radius 2 is 1.39 bits per heavy atom. The van der Waals surface area contributed by atoms with E-state index in [-0.39, 0.29) is 29.3 Å². The molecule has 0 N–H and O–H groups in total. The minimum absolute atomic E-state index is 0.0672. The highest BCUT2D eigenvalue weighted by atomic mass is 79.9. The van der Waals surface area contributed by atoms with Crippen molar-refractivity contribution in [3.05, 3.63) is 69.8 Å². The van der Waals surface area contributed by atoms with Gasteiger partial charge in [0, 0.05) is 32.0 Å². The van der Waals surface area contributed by atoms with Crippen LogP contribution in [0.25, 0.3) is 0 Å². The number of hydrogen-bond donors (Lipinski definition) is 0. The van der Waals surface area contributed by atoms with Crippen molar-refractivity contribution in [3.63, 3.8) is 0 Å². The van der Waals surface area contributed by atoms with Crippen molar-refractivity contribution in [2.24, 2.45) is 0 Å². The molecule has 0 unspecified atom stereocenters. The van der Waals surface area contributed by atoms with Crippen LogP contribution in [-0.2, 0) is 12.8 Å². The van der Waals surface area contributed by atoms with Gasteiger partial charge in [0.25, 0.3) is 4.45 Å². The number of hydrogen-bond acceptors (Lipinski definition) is 5. The molecule has 3 rings (SSSR count). The first-order valence-corrected chi connectivity index (χ1v) is 7.66. The minimum atomic E-state index is -1.42. The molecule has 2 aromatic carbocycles. The maximum Gasteiger partial charge on any atom is 0.519 e. The highest BCUT2D eigenvalue weighted by Gasteiger charge is 2.42. The molecule has 0 atom stereocenters. The van der Waals surface area contributed by atoms with Crippen molar-refractivity contribution in [3.8, 4) is 11.5 Å². The first kappa shape index (κ1) is 15.5. The number of fused-ring (bicyclic) bond motifs is 2. The van der Waals surface area contributed by atoms with Gasteiger partial charge in [-0.1, -0.05) is 36.4 Å². The Labute approximate surface area is 140 Å². The topological polar surface area (TPSA) is 78.7 Å². The molecule has 23 heavy (non-hydrogen) atoms. The number of para-hydroxylation sites is 2. The Kier molecular flexibility index (Phi) is 4.04. The second kappa shape index (κ2) is 6.00. The summed E-state index contributed by atoms with van der Waals surface area (Å²) >= 11 is 3.26. The summed E-state index contributed by atoms with van der Waals surface area (Å²) < 4.78 is 8.97. The van der Waals surface area contributed by atoms with E-state index in [9.17, 15) is 14.9 Å². The Balaban J connectivity index is 2.11. The van der Waals surface area contributed by atoms with Gasteiger partial charge in [0.2, 0.25) is 0 Å². The molecule has 0 radical (unpaired) electrons. The van der Waals surface area contributed by atoms with Gasteiger partial charge in [-0.3, -0.25) is 10.1 Å². The zero-order chi connectivity index (χ0) is 16.4. The summed E-state index contributed by atoms with van der Waals surface area (Å²) in [5.41, 5.74) is 1.11. The summed E-state index contributed by atoms with van der Waals surface area (Å²) in [5.74, 6) is 0.505. The number of carbonyl (C=O) groups excluding carboxylic acids is 1. The molecule has 0 aromatic heterocycles. The maximum atomic E-state index is 11.9. The fourth-order valence-electron chi connectivity index (χ4n) is 2.47. The third kappa shape index (κ3) is 3.19. The number of ether oxygens (including phenoxy) is 2. The van der Waals surface area contributed by atoms with Gasteiger partial charge < -0.3 is 9.47 Å². The molecule has 118 valence electrons. The fraction of sp³-hybridized carbons (Fsp3) is 0.188. The van der Waals surface area contributed by atoms with Crippen LogP contribution in [0.2, 0.25) is 0 Å². The summed E-state index contributed by atoms with van der Waals surface area (Å²) in [5, 5.41) is 11.6. The van der Waals surface area contributed by atoms with Crippen LogP contribution in [-0.4, -0.2) is 15.5 Å². The molecular formula is C16H12BrNO5. The average Bonchev–Trinajstić information content (AvgIpc) is 2.50. The number of benzene rings is 2. The van der Waals surface area contributed by atoms with Gasteiger partial charge in [0.05, 0.1) is 12.8 Å². The van der Waals surface area contributed by atoms with E-state index in [2.05, 4.69) is 15.9 Å². The van der Waals surface area contributed by atoms with Crippen molar-refractivity contribution in [1.82, 2.24) is 0 Å². The van der Waals surface area contributed by atoms with Gasteiger partial charge in [-0.2, -0.15) is 0 Å². The lowest BCUT2D eigenvalue weighted by molar-refractivity contribution is -0.534. The number of nitrogens with zero attached hydrogens (tertiary/aromatic N) is 1. The molecule has 0 saturated carbocycles. The van der Waals surface area contributed by atoms with Crippen molar-refractivity contribution >= 4 is 22.1 Å². The standard InChI is InChI=1S/C16H12BrNO5/c17-16(18(20)21)9-11-5-1-3-7-13(11)22-15(19)23-14-8-4-2-6-12(14)10-16/h1-8H,9-10H2. The predicted molar refractivity (Wildman–Crippen MR) is 85.6 cm³/mol. The van der Waals surface area contributed by atoms with E-state index in [0.717, 1.165) is 0 Å². The van der Waals surface area contributed by atoms with Gasteiger partial charge in [0.1, 0.15) is 11.5 Å². The highest BCUT2D eigenvalue weighted by Crippen LogP contribution is 2.36. The van der Waals surface area contributed by atoms with Crippen LogP contribution in [0.3, 0.4) is 0 Å². The summed E-state index contributed by atoms with van der Waals surface area (Å²) in [4.78, 5) is 23.2. The molecule has 0 spiro atoms. The van der Waals surface area contributed by atoms with Crippen LogP contribution in [0.4, 0.5) is 4.79 Å². The lowest BCUT2D eigenvalue weighted by Crippen LogP contribution is -2.37. The first-order valence-electron chi connectivity index (χ1n) is 6.87. The van der Waals surface area contributed by atoms with E-state index in [4.69, 9.17) is 9.47 Å². The largest absolute Gasteiger partial charge is 0.519 e. The molecule has 0 saturated heterocycles. The summed E-state index contributed by atoms with van der Waals surface area (Å²) in [7, 11) is 0. The molecule has 2 aromatic rings. The molecular weight excluding hydrogens is 366 g/mol. The van der Waals surface area contributed by atoms with E-state index in [1.54, 1.807) is 48.5 Å². The second-order valence-electron chi connectivity index (χ2n) is 5.20. The lowest BCUT2D eigenvalue weighted by Gasteiger charge is -2.23. The third-order valence-corrected chi connectivity index (χ3v) is 4.43. The average molecular weight is 378 g/mol. The molecule has 0 bridgehead atoms. The van der Waals surface area contributed by atoms with Crippen LogP contribution < -0.4 is 9.47 Å². The van der Waals surface area contributed by atoms with Crippen LogP contribution >= 0.6 is 15.9 Å². The number of alkyl halides is 1. The summed E-state index contributed by atoms with van der Waals surface area (Å²) in [6.45, 7) is 0. The van der Waals surface area contributed by atoms with Crippen molar-refractivity contribution in [2.75, 3.05) is 0 Å². The van der Waals surface area contributed by atoms with Crippen LogP contribution in [0, 0.1) is 10.1 Å². The molecule has 6 nitrogen and oxygen atoms in total. The van der Waals surface area contributed by atoms with Gasteiger partial charge in [-0.25, -0.2) is 4.79 Å². The van der Waals surface area contributed by atoms with E-state index >= 15 is 0 Å². The molecule has 1 heterocycles. The molecule has 1 aliphatic heterocycles. The van der Waals surface area contributed by atoms with Gasteiger partial charge in [-0.15, -0.1) is 0 Å². The third-order valence-electron chi connectivity index (χ3n) is 3.58. The van der Waals surface area contributed by atoms with Crippen molar-refractivity contribution in [2.45, 2.75) is 17.3 Å². The van der Waals surface area contributed by atoms with Crippen molar-refractivity contribution in [1.29, 1.82) is 0 Å². The van der Waals surface area contributed by atoms with E-state index in [0.29, 0.717) is 11.1 Å². The normalized spacial score (nSPS) is 16.3. The minimum Gasteiger partial charge on any atom is -0.394 e. The Hall–Kier alpha value is -2.41. The maximum absolute atomic E-state index is 11.9. The predicted octanol–water partition coefficient (Wildman–Crippen LogP) is 3.73. The van der Waals surface area contributed by atoms with Gasteiger partial charge >= 0.3 is 6.16 Å². The van der Waals surface area contributed by atoms with Crippen LogP contribution in [0.5, 0.6) is 11.5 Å². The lowest BCUT2D eigenvalue weighted by atomic mass is 9.98. The number of carbonyl (C=O) groups is 1. The molecule has 0 fully saturated rings. The molecule has 0 amide bonds. The first-order chi connectivity index (χ1) is 11.0. The van der Waals surface area contributed by atoms with Crippen LogP contribution in [0.15, 0.2) is 48.5 Å². The summed E-state index contributed by atoms with van der Waals surface area (Å²) in [6, 6.07) is 13.4. The number of nitro groups is 1. The second-order valence-corrected chi connectivity index (χ2v) is 6.67. The monoisotopic (exact) mass is 377 g/mol. The highest BCUT2D eigenvalue weighted by molar-refractivity contribution is 9.10. The van der Waals surface area contributed by atoms with E-state index in [1.807, 2.05) is 0 Å². The Morgan fingerprint density at radius 3 is 1.83 bits per heavy atom. The SMILES string of the molecule is O=C1Oc2ccccc2CC(Br)([N+](=O)[O-])Cc2ccccc2O1. The smallest absolute Gasteiger partial charge is 0.394 e. The van der Waals surface area contributed by atoms with Gasteiger partial charge in [-0.05, 0) is 12.1 Å². The Morgan fingerprint density at radius 1 is 0.957 bits per heavy atom. The van der Waals surface area contributed by atoms with Crippen LogP contribution in [0.1, 0.15) is 11.1 Å². The zero-order valence-electron chi connectivity index (χ0n) is 11.9. The fourth-order valence-corrected chi connectivity index (χ4v) is 3.08. The zero-order valence-corrected chi connectivity index (χ0v) is 13.5. The quantitative estimate of drug-likeness (QED) is 0.189. The number of halogens is 1. The molecule has 7 heteroatoms. The number of rotatable bonds is 1. The molecule has 1 aliphatic rings. The molecule has 0 aliphatic carbocycles. The van der Waals surface area contributed by atoms with E-state index in [1.165, 1.54) is 0 Å². The van der Waals surface area contributed by atoms with E-state index < -0.39 is 10.6 Å². The van der Waals surface area contributed by atoms with Gasteiger partial charge in [0.15, 0.2) is 0 Å². The Bertz CT molecular complexity index is 723.